The third-order valence-corrected chi connectivity index (χ3v) is 5.42. The second-order valence-corrected chi connectivity index (χ2v) is 8.20. The third kappa shape index (κ3) is 8.95. The minimum absolute atomic E-state index is 0.350. The van der Waals surface area contributed by atoms with Crippen molar-refractivity contribution in [2.75, 3.05) is 71.8 Å². The van der Waals surface area contributed by atoms with Gasteiger partial charge in [-0.1, -0.05) is 24.3 Å². The number of hydrogen-bond acceptors (Lipinski definition) is 9. The van der Waals surface area contributed by atoms with E-state index in [0.29, 0.717) is 100 Å². The highest BCUT2D eigenvalue weighted by atomic mass is 16.6. The Morgan fingerprint density at radius 3 is 1.95 bits per heavy atom. The summed E-state index contributed by atoms with van der Waals surface area (Å²) < 4.78 is 40.0. The molecule has 3 aromatic rings. The van der Waals surface area contributed by atoms with Gasteiger partial charge in [-0.25, -0.2) is 0 Å². The van der Waals surface area contributed by atoms with E-state index in [1.165, 1.54) is 0 Å². The average Bonchev–Trinajstić information content (AvgIpc) is 2.95. The van der Waals surface area contributed by atoms with Gasteiger partial charge in [-0.05, 0) is 48.0 Å². The van der Waals surface area contributed by atoms with Crippen molar-refractivity contribution in [1.29, 1.82) is 0 Å². The number of anilines is 1. The van der Waals surface area contributed by atoms with E-state index < -0.39 is 0 Å². The van der Waals surface area contributed by atoms with Crippen LogP contribution in [0.5, 0.6) is 23.0 Å². The minimum atomic E-state index is 0.350. The summed E-state index contributed by atoms with van der Waals surface area (Å²) in [5.74, 6) is 2.55. The molecule has 0 amide bonds. The molecule has 0 spiro atoms. The van der Waals surface area contributed by atoms with Crippen LogP contribution in [0, 0.1) is 0 Å². The maximum atomic E-state index is 5.95. The van der Waals surface area contributed by atoms with Crippen molar-refractivity contribution in [3.63, 3.8) is 0 Å². The summed E-state index contributed by atoms with van der Waals surface area (Å²) in [6.07, 6.45) is 1.76. The highest BCUT2D eigenvalue weighted by Gasteiger charge is 2.08. The fourth-order valence-electron chi connectivity index (χ4n) is 3.55. The van der Waals surface area contributed by atoms with Crippen molar-refractivity contribution in [2.45, 2.75) is 0 Å². The van der Waals surface area contributed by atoms with Crippen LogP contribution < -0.4 is 24.7 Å². The Labute approximate surface area is 223 Å². The predicted molar refractivity (Wildman–Crippen MR) is 145 cm³/mol. The number of nitrogens with two attached hydrogens (primary N) is 1. The smallest absolute Gasteiger partial charge is 0.161 e. The highest BCUT2D eigenvalue weighted by molar-refractivity contribution is 5.83. The summed E-state index contributed by atoms with van der Waals surface area (Å²) >= 11 is 0. The zero-order chi connectivity index (χ0) is 26.3. The Hall–Kier alpha value is -3.79. The summed E-state index contributed by atoms with van der Waals surface area (Å²) in [5, 5.41) is 0. The number of nitrogens with zero attached hydrogens (tertiary/aromatic N) is 1. The molecule has 1 aliphatic heterocycles. The van der Waals surface area contributed by atoms with Gasteiger partial charge in [-0.3, -0.25) is 4.99 Å². The van der Waals surface area contributed by atoms with Gasteiger partial charge >= 0.3 is 0 Å². The van der Waals surface area contributed by atoms with Crippen molar-refractivity contribution >= 4 is 17.6 Å². The van der Waals surface area contributed by atoms with E-state index in [9.17, 15) is 0 Å². The van der Waals surface area contributed by atoms with Crippen LogP contribution in [0.2, 0.25) is 0 Å². The Bertz CT molecular complexity index is 1160. The molecule has 0 saturated heterocycles. The van der Waals surface area contributed by atoms with Crippen molar-refractivity contribution in [3.05, 3.63) is 72.3 Å². The molecular formula is C29H34N2O7. The second-order valence-electron chi connectivity index (χ2n) is 8.20. The molecule has 2 N–H and O–H groups in total. The Kier molecular flexibility index (Phi) is 11.1. The topological polar surface area (TPSA) is 103 Å². The van der Waals surface area contributed by atoms with E-state index in [4.69, 9.17) is 38.9 Å². The number of hydrogen-bond donors (Lipinski definition) is 1. The van der Waals surface area contributed by atoms with E-state index in [-0.39, 0.29) is 0 Å². The lowest BCUT2D eigenvalue weighted by Crippen LogP contribution is -2.13. The maximum Gasteiger partial charge on any atom is 0.161 e. The number of nitrogen functional groups attached to an aromatic ring is 1. The molecule has 3 aromatic carbocycles. The van der Waals surface area contributed by atoms with Gasteiger partial charge < -0.3 is 38.9 Å². The van der Waals surface area contributed by atoms with Crippen molar-refractivity contribution in [1.82, 2.24) is 0 Å². The molecule has 0 bridgehead atoms. The largest absolute Gasteiger partial charge is 0.488 e. The Balaban J connectivity index is 1.37. The second kappa shape index (κ2) is 15.5. The number of benzene rings is 3. The molecule has 0 saturated carbocycles. The van der Waals surface area contributed by atoms with Gasteiger partial charge in [-0.15, -0.1) is 0 Å². The molecule has 1 heterocycles. The fourth-order valence-corrected chi connectivity index (χ4v) is 3.55. The average molecular weight is 523 g/mol. The SMILES string of the molecule is Nc1ccccc1OCCOc1ccccc1N=Cc1ccc2c(c1)OCCOCCOCCOCCO2. The fraction of sp³-hybridized carbons (Fsp3) is 0.345. The van der Waals surface area contributed by atoms with E-state index in [1.54, 1.807) is 12.3 Å². The molecule has 1 aliphatic rings. The normalized spacial score (nSPS) is 15.4. The van der Waals surface area contributed by atoms with Crippen LogP contribution in [0.4, 0.5) is 11.4 Å². The van der Waals surface area contributed by atoms with Crippen LogP contribution in [0.15, 0.2) is 71.7 Å². The van der Waals surface area contributed by atoms with E-state index in [1.807, 2.05) is 60.7 Å². The zero-order valence-corrected chi connectivity index (χ0v) is 21.4. The lowest BCUT2D eigenvalue weighted by atomic mass is 10.2. The Morgan fingerprint density at radius 1 is 0.658 bits per heavy atom. The van der Waals surface area contributed by atoms with E-state index in [0.717, 1.165) is 5.56 Å². The number of para-hydroxylation sites is 4. The standard InChI is InChI=1S/C29H34N2O7/c30-24-5-1-3-7-26(24)35-19-20-36-27-8-4-2-6-25(27)31-22-23-9-10-28-29(21-23)38-18-16-34-14-12-32-11-13-33-15-17-37-28/h1-10,21-22H,11-20,30H2. The van der Waals surface area contributed by atoms with Gasteiger partial charge in [-0.2, -0.15) is 0 Å². The Morgan fingerprint density at radius 2 is 1.24 bits per heavy atom. The van der Waals surface area contributed by atoms with Gasteiger partial charge in [0.25, 0.3) is 0 Å². The van der Waals surface area contributed by atoms with Gasteiger partial charge in [0, 0.05) is 6.21 Å². The number of rotatable bonds is 7. The van der Waals surface area contributed by atoms with Crippen molar-refractivity contribution < 1.29 is 33.2 Å². The monoisotopic (exact) mass is 522 g/mol. The highest BCUT2D eigenvalue weighted by Crippen LogP contribution is 2.30. The quantitative estimate of drug-likeness (QED) is 0.278. The molecule has 4 rings (SSSR count). The maximum absolute atomic E-state index is 5.95. The number of fused-ring (bicyclic) bond motifs is 1. The molecular weight excluding hydrogens is 488 g/mol. The van der Waals surface area contributed by atoms with Gasteiger partial charge in [0.2, 0.25) is 0 Å². The molecule has 202 valence electrons. The summed E-state index contributed by atoms with van der Waals surface area (Å²) in [6.45, 7) is 4.49. The predicted octanol–water partition coefficient (Wildman–Crippen LogP) is 4.30. The van der Waals surface area contributed by atoms with Crippen molar-refractivity contribution in [2.24, 2.45) is 4.99 Å². The number of ether oxygens (including phenoxy) is 7. The van der Waals surface area contributed by atoms with Crippen LogP contribution in [-0.4, -0.2) is 72.3 Å². The summed E-state index contributed by atoms with van der Waals surface area (Å²) in [5.41, 5.74) is 8.07. The van der Waals surface area contributed by atoms with Crippen LogP contribution in [-0.2, 0) is 14.2 Å². The lowest BCUT2D eigenvalue weighted by Gasteiger charge is -2.13. The summed E-state index contributed by atoms with van der Waals surface area (Å²) in [7, 11) is 0. The molecule has 0 unspecified atom stereocenters. The zero-order valence-electron chi connectivity index (χ0n) is 21.4. The molecule has 0 aromatic heterocycles. The molecule has 0 aliphatic carbocycles. The van der Waals surface area contributed by atoms with Crippen LogP contribution in [0.1, 0.15) is 5.56 Å². The first-order valence-corrected chi connectivity index (χ1v) is 12.7. The summed E-state index contributed by atoms with van der Waals surface area (Å²) in [4.78, 5) is 4.65. The van der Waals surface area contributed by atoms with Gasteiger partial charge in [0.05, 0.1) is 45.3 Å². The van der Waals surface area contributed by atoms with E-state index in [2.05, 4.69) is 4.99 Å². The molecule has 0 radical (unpaired) electrons. The first-order valence-electron chi connectivity index (χ1n) is 12.7. The van der Waals surface area contributed by atoms with Crippen LogP contribution in [0.3, 0.4) is 0 Å². The molecule has 9 nitrogen and oxygen atoms in total. The number of aliphatic imine (C=N–C) groups is 1. The van der Waals surface area contributed by atoms with E-state index >= 15 is 0 Å². The van der Waals surface area contributed by atoms with Crippen molar-refractivity contribution in [3.8, 4) is 23.0 Å². The molecule has 0 atom stereocenters. The molecule has 38 heavy (non-hydrogen) atoms. The molecule has 9 heteroatoms. The minimum Gasteiger partial charge on any atom is -0.488 e. The molecule has 0 fully saturated rings. The van der Waals surface area contributed by atoms with Gasteiger partial charge in [0.1, 0.15) is 43.6 Å². The third-order valence-electron chi connectivity index (χ3n) is 5.42. The summed E-state index contributed by atoms with van der Waals surface area (Å²) in [6, 6.07) is 20.6. The first-order chi connectivity index (χ1) is 18.8. The van der Waals surface area contributed by atoms with Crippen LogP contribution >= 0.6 is 0 Å². The lowest BCUT2D eigenvalue weighted by molar-refractivity contribution is 0.00708. The first kappa shape index (κ1) is 27.3. The van der Waals surface area contributed by atoms with Gasteiger partial charge in [0.15, 0.2) is 11.5 Å². The van der Waals surface area contributed by atoms with Crippen LogP contribution in [0.25, 0.3) is 0 Å².